The van der Waals surface area contributed by atoms with Crippen LogP contribution < -0.4 is 5.73 Å². The summed E-state index contributed by atoms with van der Waals surface area (Å²) in [5.74, 6) is -2.71. The van der Waals surface area contributed by atoms with Gasteiger partial charge in [0.2, 0.25) is 0 Å². The highest BCUT2D eigenvalue weighted by atomic mass is 19.3. The van der Waals surface area contributed by atoms with Crippen LogP contribution in [-0.4, -0.2) is 6.54 Å². The predicted molar refractivity (Wildman–Crippen MR) is 58.1 cm³/mol. The maximum Gasteiger partial charge on any atom is 0.274 e. The van der Waals surface area contributed by atoms with Crippen LogP contribution in [0.25, 0.3) is 0 Å². The lowest BCUT2D eigenvalue weighted by Gasteiger charge is -2.21. The van der Waals surface area contributed by atoms with Crippen LogP contribution in [0.1, 0.15) is 37.3 Å². The Morgan fingerprint density at radius 3 is 2.40 bits per heavy atom. The molecule has 0 aliphatic carbocycles. The number of halogens is 2. The van der Waals surface area contributed by atoms with Gasteiger partial charge in [-0.05, 0) is 18.0 Å². The Labute approximate surface area is 89.3 Å². The average molecular weight is 213 g/mol. The van der Waals surface area contributed by atoms with Gasteiger partial charge in [-0.1, -0.05) is 38.1 Å². The fourth-order valence-corrected chi connectivity index (χ4v) is 1.65. The van der Waals surface area contributed by atoms with Crippen molar-refractivity contribution in [2.45, 2.75) is 32.1 Å². The summed E-state index contributed by atoms with van der Waals surface area (Å²) in [6.07, 6.45) is -0.295. The van der Waals surface area contributed by atoms with E-state index >= 15 is 0 Å². The van der Waals surface area contributed by atoms with Gasteiger partial charge < -0.3 is 5.73 Å². The fraction of sp³-hybridized carbons (Fsp3) is 0.500. The van der Waals surface area contributed by atoms with Crippen LogP contribution in [0.15, 0.2) is 24.3 Å². The minimum Gasteiger partial charge on any atom is -0.330 e. The van der Waals surface area contributed by atoms with Gasteiger partial charge in [0.25, 0.3) is 5.92 Å². The SMILES string of the molecule is CC(C)c1ccccc1C(F)(F)CCN. The molecule has 0 atom stereocenters. The van der Waals surface area contributed by atoms with Crippen molar-refractivity contribution in [2.75, 3.05) is 6.54 Å². The summed E-state index contributed by atoms with van der Waals surface area (Å²) in [7, 11) is 0. The Kier molecular flexibility index (Phi) is 3.80. The smallest absolute Gasteiger partial charge is 0.274 e. The summed E-state index contributed by atoms with van der Waals surface area (Å²) < 4.78 is 27.4. The summed E-state index contributed by atoms with van der Waals surface area (Å²) in [5, 5.41) is 0. The molecule has 0 saturated carbocycles. The lowest BCUT2D eigenvalue weighted by Crippen LogP contribution is -2.20. The maximum atomic E-state index is 13.7. The Bertz CT molecular complexity index is 321. The number of benzene rings is 1. The molecule has 0 fully saturated rings. The monoisotopic (exact) mass is 213 g/mol. The highest BCUT2D eigenvalue weighted by Crippen LogP contribution is 2.36. The van der Waals surface area contributed by atoms with E-state index < -0.39 is 5.92 Å². The molecule has 0 saturated heterocycles. The second kappa shape index (κ2) is 4.71. The van der Waals surface area contributed by atoms with Crippen molar-refractivity contribution in [1.29, 1.82) is 0 Å². The molecule has 15 heavy (non-hydrogen) atoms. The maximum absolute atomic E-state index is 13.7. The van der Waals surface area contributed by atoms with E-state index in [4.69, 9.17) is 5.73 Å². The number of alkyl halides is 2. The van der Waals surface area contributed by atoms with Crippen molar-refractivity contribution in [1.82, 2.24) is 0 Å². The van der Waals surface area contributed by atoms with Crippen molar-refractivity contribution in [3.05, 3.63) is 35.4 Å². The molecule has 1 aromatic carbocycles. The molecule has 0 aromatic heterocycles. The second-order valence-corrected chi connectivity index (χ2v) is 3.99. The van der Waals surface area contributed by atoms with Crippen molar-refractivity contribution in [3.63, 3.8) is 0 Å². The molecule has 1 aromatic rings. The topological polar surface area (TPSA) is 26.0 Å². The van der Waals surface area contributed by atoms with Gasteiger partial charge in [-0.3, -0.25) is 0 Å². The van der Waals surface area contributed by atoms with Gasteiger partial charge >= 0.3 is 0 Å². The summed E-state index contributed by atoms with van der Waals surface area (Å²) in [5.41, 5.74) is 6.02. The summed E-state index contributed by atoms with van der Waals surface area (Å²) in [4.78, 5) is 0. The van der Waals surface area contributed by atoms with Gasteiger partial charge in [0.05, 0.1) is 0 Å². The Morgan fingerprint density at radius 1 is 1.27 bits per heavy atom. The minimum absolute atomic E-state index is 0.000566. The molecule has 0 unspecified atom stereocenters. The zero-order chi connectivity index (χ0) is 11.5. The molecular formula is C12H17F2N. The van der Waals surface area contributed by atoms with Crippen LogP contribution in [0.5, 0.6) is 0 Å². The van der Waals surface area contributed by atoms with E-state index in [1.165, 1.54) is 6.07 Å². The Balaban J connectivity index is 3.12. The first-order chi connectivity index (χ1) is 6.99. The molecule has 0 aliphatic heterocycles. The van der Waals surface area contributed by atoms with E-state index in [9.17, 15) is 8.78 Å². The Morgan fingerprint density at radius 2 is 1.87 bits per heavy atom. The zero-order valence-electron chi connectivity index (χ0n) is 9.13. The van der Waals surface area contributed by atoms with Crippen molar-refractivity contribution in [3.8, 4) is 0 Å². The van der Waals surface area contributed by atoms with Crippen LogP contribution in [0.4, 0.5) is 8.78 Å². The fourth-order valence-electron chi connectivity index (χ4n) is 1.65. The quantitative estimate of drug-likeness (QED) is 0.816. The van der Waals surface area contributed by atoms with Crippen LogP contribution in [0.3, 0.4) is 0 Å². The van der Waals surface area contributed by atoms with Crippen LogP contribution in [0, 0.1) is 0 Å². The molecule has 1 rings (SSSR count). The highest BCUT2D eigenvalue weighted by Gasteiger charge is 2.32. The average Bonchev–Trinajstić information content (AvgIpc) is 2.17. The molecule has 0 heterocycles. The molecule has 3 heteroatoms. The number of hydrogen-bond acceptors (Lipinski definition) is 1. The first kappa shape index (κ1) is 12.1. The predicted octanol–water partition coefficient (Wildman–Crippen LogP) is 3.25. The molecule has 0 radical (unpaired) electrons. The van der Waals surface area contributed by atoms with Crippen molar-refractivity contribution < 1.29 is 8.78 Å². The number of nitrogens with two attached hydrogens (primary N) is 1. The summed E-state index contributed by atoms with van der Waals surface area (Å²) >= 11 is 0. The minimum atomic E-state index is -2.81. The third-order valence-corrected chi connectivity index (χ3v) is 2.44. The lowest BCUT2D eigenvalue weighted by molar-refractivity contribution is -0.0117. The zero-order valence-corrected chi connectivity index (χ0v) is 9.13. The van der Waals surface area contributed by atoms with Gasteiger partial charge in [-0.15, -0.1) is 0 Å². The van der Waals surface area contributed by atoms with E-state index in [0.29, 0.717) is 5.56 Å². The van der Waals surface area contributed by atoms with Crippen molar-refractivity contribution >= 4 is 0 Å². The van der Waals surface area contributed by atoms with Crippen LogP contribution in [0.2, 0.25) is 0 Å². The molecule has 0 spiro atoms. The first-order valence-corrected chi connectivity index (χ1v) is 5.16. The van der Waals surface area contributed by atoms with Crippen molar-refractivity contribution in [2.24, 2.45) is 5.73 Å². The normalized spacial score (nSPS) is 12.1. The van der Waals surface area contributed by atoms with E-state index in [2.05, 4.69) is 0 Å². The first-order valence-electron chi connectivity index (χ1n) is 5.16. The van der Waals surface area contributed by atoms with Gasteiger partial charge in [0.1, 0.15) is 0 Å². The molecule has 0 bridgehead atoms. The van der Waals surface area contributed by atoms with Crippen LogP contribution >= 0.6 is 0 Å². The second-order valence-electron chi connectivity index (χ2n) is 3.99. The largest absolute Gasteiger partial charge is 0.330 e. The Hall–Kier alpha value is -0.960. The molecule has 1 nitrogen and oxygen atoms in total. The lowest BCUT2D eigenvalue weighted by atomic mass is 9.92. The number of rotatable bonds is 4. The van der Waals surface area contributed by atoms with E-state index in [1.54, 1.807) is 18.2 Å². The molecule has 0 aliphatic rings. The van der Waals surface area contributed by atoms with Gasteiger partial charge in [-0.25, -0.2) is 8.78 Å². The number of hydrogen-bond donors (Lipinski definition) is 1. The molecule has 84 valence electrons. The van der Waals surface area contributed by atoms with Gasteiger partial charge in [0.15, 0.2) is 0 Å². The summed E-state index contributed by atoms with van der Waals surface area (Å²) in [6, 6.07) is 6.68. The van der Waals surface area contributed by atoms with E-state index in [0.717, 1.165) is 0 Å². The highest BCUT2D eigenvalue weighted by molar-refractivity contribution is 5.33. The van der Waals surface area contributed by atoms with Gasteiger partial charge in [0, 0.05) is 12.0 Å². The van der Waals surface area contributed by atoms with Gasteiger partial charge in [-0.2, -0.15) is 0 Å². The molecule has 0 amide bonds. The van der Waals surface area contributed by atoms with E-state index in [-0.39, 0.29) is 24.4 Å². The third-order valence-electron chi connectivity index (χ3n) is 2.44. The van der Waals surface area contributed by atoms with E-state index in [1.807, 2.05) is 13.8 Å². The summed E-state index contributed by atoms with van der Waals surface area (Å²) in [6.45, 7) is 3.83. The standard InChI is InChI=1S/C12H17F2N/c1-9(2)10-5-3-4-6-11(10)12(13,14)7-8-15/h3-6,9H,7-8,15H2,1-2H3. The van der Waals surface area contributed by atoms with Crippen LogP contribution in [-0.2, 0) is 5.92 Å². The molecule has 2 N–H and O–H groups in total. The third kappa shape index (κ3) is 2.75. The molecular weight excluding hydrogens is 196 g/mol.